The zero-order valence-corrected chi connectivity index (χ0v) is 15.7. The number of nitrogens with two attached hydrogens (primary N) is 1. The number of anilines is 2. The summed E-state index contributed by atoms with van der Waals surface area (Å²) >= 11 is 1.35. The molecule has 0 unspecified atom stereocenters. The molecule has 0 atom stereocenters. The van der Waals surface area contributed by atoms with Gasteiger partial charge < -0.3 is 21.1 Å². The number of hydrogen-bond acceptors (Lipinski definition) is 5. The highest BCUT2D eigenvalue weighted by atomic mass is 32.1. The number of carbonyl (C=O) groups is 3. The quantitative estimate of drug-likeness (QED) is 0.594. The molecule has 8 heteroatoms. The van der Waals surface area contributed by atoms with E-state index in [-0.39, 0.29) is 11.5 Å². The molecule has 1 heterocycles. The van der Waals surface area contributed by atoms with E-state index in [9.17, 15) is 14.4 Å². The lowest BCUT2D eigenvalue weighted by Gasteiger charge is -2.11. The zero-order chi connectivity index (χ0) is 20.1. The Balaban J connectivity index is 1.72. The number of hydrogen-bond donors (Lipinski definition) is 3. The van der Waals surface area contributed by atoms with E-state index in [1.54, 1.807) is 42.5 Å². The van der Waals surface area contributed by atoms with Crippen LogP contribution in [0.25, 0.3) is 0 Å². The van der Waals surface area contributed by atoms with Crippen LogP contribution in [0.1, 0.15) is 30.4 Å². The molecule has 0 fully saturated rings. The number of thiophene rings is 1. The van der Waals surface area contributed by atoms with Crippen molar-refractivity contribution in [2.24, 2.45) is 5.73 Å². The molecule has 3 rings (SSSR count). The SMILES string of the molecule is COc1ccc(C(N)=O)cc1NC(=O)c1ccc(NC(=O)c2cccs2)cc1. The molecule has 7 nitrogen and oxygen atoms in total. The molecule has 0 aliphatic rings. The van der Waals surface area contributed by atoms with E-state index in [4.69, 9.17) is 10.5 Å². The van der Waals surface area contributed by atoms with Crippen molar-refractivity contribution in [2.45, 2.75) is 0 Å². The van der Waals surface area contributed by atoms with E-state index in [2.05, 4.69) is 10.6 Å². The van der Waals surface area contributed by atoms with Crippen LogP contribution in [0.4, 0.5) is 11.4 Å². The van der Waals surface area contributed by atoms with Crippen molar-refractivity contribution in [1.82, 2.24) is 0 Å². The predicted molar refractivity (Wildman–Crippen MR) is 108 cm³/mol. The van der Waals surface area contributed by atoms with Gasteiger partial charge in [-0.05, 0) is 53.9 Å². The number of carbonyl (C=O) groups excluding carboxylic acids is 3. The van der Waals surface area contributed by atoms with Gasteiger partial charge in [0.15, 0.2) is 0 Å². The van der Waals surface area contributed by atoms with Gasteiger partial charge >= 0.3 is 0 Å². The standard InChI is InChI=1S/C20H17N3O4S/c1-27-16-9-6-13(18(21)24)11-15(16)23-19(25)12-4-7-14(8-5-12)22-20(26)17-3-2-10-28-17/h2-11H,1H3,(H2,21,24)(H,22,26)(H,23,25). The summed E-state index contributed by atoms with van der Waals surface area (Å²) in [6.07, 6.45) is 0. The fourth-order valence-electron chi connectivity index (χ4n) is 2.46. The molecule has 0 saturated heterocycles. The molecule has 0 aliphatic carbocycles. The smallest absolute Gasteiger partial charge is 0.265 e. The Kier molecular flexibility index (Phi) is 5.71. The van der Waals surface area contributed by atoms with Gasteiger partial charge in [0.2, 0.25) is 5.91 Å². The molecule has 0 aliphatic heterocycles. The molecule has 3 amide bonds. The predicted octanol–water partition coefficient (Wildman–Crippen LogP) is 3.36. The minimum atomic E-state index is -0.607. The van der Waals surface area contributed by atoms with Crippen molar-refractivity contribution < 1.29 is 19.1 Å². The second-order valence-electron chi connectivity index (χ2n) is 5.74. The fourth-order valence-corrected chi connectivity index (χ4v) is 3.08. The van der Waals surface area contributed by atoms with E-state index >= 15 is 0 Å². The molecule has 142 valence electrons. The first kappa shape index (κ1) is 19.1. The highest BCUT2D eigenvalue weighted by Crippen LogP contribution is 2.26. The summed E-state index contributed by atoms with van der Waals surface area (Å²) in [5, 5.41) is 7.29. The molecule has 28 heavy (non-hydrogen) atoms. The van der Waals surface area contributed by atoms with Crippen LogP contribution in [0.15, 0.2) is 60.0 Å². The van der Waals surface area contributed by atoms with Gasteiger partial charge in [0.05, 0.1) is 17.7 Å². The molecular formula is C20H17N3O4S. The van der Waals surface area contributed by atoms with E-state index in [1.165, 1.54) is 30.6 Å². The molecule has 0 saturated carbocycles. The average molecular weight is 395 g/mol. The van der Waals surface area contributed by atoms with Gasteiger partial charge in [0.1, 0.15) is 5.75 Å². The van der Waals surface area contributed by atoms with E-state index in [1.807, 2.05) is 5.38 Å². The van der Waals surface area contributed by atoms with Crippen LogP contribution in [-0.4, -0.2) is 24.8 Å². The van der Waals surface area contributed by atoms with E-state index < -0.39 is 11.8 Å². The maximum Gasteiger partial charge on any atom is 0.265 e. The monoisotopic (exact) mass is 395 g/mol. The van der Waals surface area contributed by atoms with Crippen LogP contribution in [-0.2, 0) is 0 Å². The number of nitrogens with one attached hydrogen (secondary N) is 2. The molecule has 2 aromatic carbocycles. The Morgan fingerprint density at radius 1 is 0.929 bits per heavy atom. The zero-order valence-electron chi connectivity index (χ0n) is 14.9. The van der Waals surface area contributed by atoms with Crippen molar-refractivity contribution in [3.63, 3.8) is 0 Å². The summed E-state index contributed by atoms with van der Waals surface area (Å²) in [6.45, 7) is 0. The van der Waals surface area contributed by atoms with E-state index in [0.29, 0.717) is 27.6 Å². The highest BCUT2D eigenvalue weighted by Gasteiger charge is 2.13. The summed E-state index contributed by atoms with van der Waals surface area (Å²) in [5.41, 5.74) is 6.81. The normalized spacial score (nSPS) is 10.2. The molecule has 1 aromatic heterocycles. The lowest BCUT2D eigenvalue weighted by Crippen LogP contribution is -2.15. The summed E-state index contributed by atoms with van der Waals surface area (Å²) in [4.78, 5) is 36.5. The number of primary amides is 1. The lowest BCUT2D eigenvalue weighted by atomic mass is 10.1. The van der Waals surface area contributed by atoms with Crippen LogP contribution in [0.2, 0.25) is 0 Å². The summed E-state index contributed by atoms with van der Waals surface area (Å²) < 4.78 is 5.20. The second-order valence-corrected chi connectivity index (χ2v) is 6.69. The first-order valence-corrected chi connectivity index (χ1v) is 9.10. The van der Waals surface area contributed by atoms with Crippen LogP contribution in [0.5, 0.6) is 5.75 Å². The van der Waals surface area contributed by atoms with Gasteiger partial charge in [-0.15, -0.1) is 11.3 Å². The van der Waals surface area contributed by atoms with Gasteiger partial charge in [0.25, 0.3) is 11.8 Å². The number of amides is 3. The van der Waals surface area contributed by atoms with Gasteiger partial charge in [-0.1, -0.05) is 6.07 Å². The number of ether oxygens (including phenoxy) is 1. The molecule has 3 aromatic rings. The molecule has 0 spiro atoms. The third-order valence-electron chi connectivity index (χ3n) is 3.88. The van der Waals surface area contributed by atoms with Crippen molar-refractivity contribution in [2.75, 3.05) is 17.7 Å². The van der Waals surface area contributed by atoms with Gasteiger partial charge in [0, 0.05) is 16.8 Å². The van der Waals surface area contributed by atoms with Crippen molar-refractivity contribution in [3.05, 3.63) is 76.0 Å². The number of benzene rings is 2. The van der Waals surface area contributed by atoms with Crippen LogP contribution in [0, 0.1) is 0 Å². The van der Waals surface area contributed by atoms with Crippen molar-refractivity contribution >= 4 is 40.4 Å². The molecular weight excluding hydrogens is 378 g/mol. The van der Waals surface area contributed by atoms with Crippen LogP contribution >= 0.6 is 11.3 Å². The van der Waals surface area contributed by atoms with E-state index in [0.717, 1.165) is 0 Å². The first-order chi connectivity index (χ1) is 13.5. The Labute approximate surface area is 165 Å². The minimum Gasteiger partial charge on any atom is -0.495 e. The summed E-state index contributed by atoms with van der Waals surface area (Å²) in [5.74, 6) is -0.807. The molecule has 0 bridgehead atoms. The minimum absolute atomic E-state index is 0.208. The second kappa shape index (κ2) is 8.36. The van der Waals surface area contributed by atoms with Crippen LogP contribution < -0.4 is 21.1 Å². The molecule has 4 N–H and O–H groups in total. The third kappa shape index (κ3) is 4.36. The Morgan fingerprint density at radius 2 is 1.64 bits per heavy atom. The Bertz CT molecular complexity index is 1010. The average Bonchev–Trinajstić information content (AvgIpc) is 3.23. The van der Waals surface area contributed by atoms with Gasteiger partial charge in [-0.25, -0.2) is 0 Å². The van der Waals surface area contributed by atoms with Gasteiger partial charge in [-0.3, -0.25) is 14.4 Å². The molecule has 0 radical (unpaired) electrons. The maximum absolute atomic E-state index is 12.5. The number of rotatable bonds is 6. The van der Waals surface area contributed by atoms with Crippen molar-refractivity contribution in [1.29, 1.82) is 0 Å². The summed E-state index contributed by atoms with van der Waals surface area (Å²) in [7, 11) is 1.46. The van der Waals surface area contributed by atoms with Crippen LogP contribution in [0.3, 0.4) is 0 Å². The van der Waals surface area contributed by atoms with Gasteiger partial charge in [-0.2, -0.15) is 0 Å². The lowest BCUT2D eigenvalue weighted by molar-refractivity contribution is 0.0995. The fraction of sp³-hybridized carbons (Fsp3) is 0.0500. The van der Waals surface area contributed by atoms with Crippen molar-refractivity contribution in [3.8, 4) is 5.75 Å². The third-order valence-corrected chi connectivity index (χ3v) is 4.75. The summed E-state index contributed by atoms with van der Waals surface area (Å²) in [6, 6.07) is 14.5. The maximum atomic E-state index is 12.5. The largest absolute Gasteiger partial charge is 0.495 e. The number of methoxy groups -OCH3 is 1. The highest BCUT2D eigenvalue weighted by molar-refractivity contribution is 7.12. The first-order valence-electron chi connectivity index (χ1n) is 8.22. The Hall–Kier alpha value is -3.65. The Morgan fingerprint density at radius 3 is 2.25 bits per heavy atom. The topological polar surface area (TPSA) is 111 Å².